The molecule has 10 rings (SSSR count). The molecule has 7 aromatic carbocycles. The molecular weight excluding hydrogens is 817 g/mol. The van der Waals surface area contributed by atoms with Gasteiger partial charge in [0.05, 0.1) is 23.4 Å². The first kappa shape index (κ1) is 43.5. The number of anilines is 2. The minimum atomic E-state index is -0.213. The van der Waals surface area contributed by atoms with E-state index in [1.807, 2.05) is 6.20 Å². The summed E-state index contributed by atoms with van der Waals surface area (Å²) in [5.74, 6) is 3.09. The number of ether oxygens (including phenoxy) is 1. The molecule has 5 nitrogen and oxygen atoms in total. The van der Waals surface area contributed by atoms with E-state index in [4.69, 9.17) is 9.72 Å². The summed E-state index contributed by atoms with van der Waals surface area (Å²) in [5, 5.41) is 2.33. The molecule has 1 aliphatic heterocycles. The maximum atomic E-state index is 6.89. The van der Waals surface area contributed by atoms with Gasteiger partial charge in [-0.3, -0.25) is 4.57 Å². The lowest BCUT2D eigenvalue weighted by Crippen LogP contribution is -2.27. The Morgan fingerprint density at radius 1 is 0.493 bits per heavy atom. The molecule has 0 saturated carbocycles. The van der Waals surface area contributed by atoms with Crippen LogP contribution in [-0.2, 0) is 10.8 Å². The molecule has 0 amide bonds. The number of pyridine rings is 1. The van der Waals surface area contributed by atoms with Crippen LogP contribution in [0.3, 0.4) is 0 Å². The van der Waals surface area contributed by atoms with Gasteiger partial charge in [-0.2, -0.15) is 0 Å². The van der Waals surface area contributed by atoms with Gasteiger partial charge in [0.25, 0.3) is 0 Å². The Morgan fingerprint density at radius 3 is 1.75 bits per heavy atom. The summed E-state index contributed by atoms with van der Waals surface area (Å²) < 4.78 is 9.17. The van der Waals surface area contributed by atoms with Gasteiger partial charge in [-0.1, -0.05) is 171 Å². The molecule has 5 heteroatoms. The SMILES string of the molecule is CC(C)c1cccc(C(C)C)c1C1=CN(c2cccc(C(C)(C)c3ccccc3)c2)CN1c1cccc(Oc2ccc3c4ccccc4n(-c4cc(C(C)(C)c5ccccc5)ccn4)c3c2)c1. The maximum Gasteiger partial charge on any atom is 0.137 e. The largest absolute Gasteiger partial charge is 0.457 e. The van der Waals surface area contributed by atoms with Crippen molar-refractivity contribution in [1.82, 2.24) is 9.55 Å². The zero-order valence-electron chi connectivity index (χ0n) is 40.0. The number of benzene rings is 7. The number of rotatable bonds is 12. The fraction of sp³-hybridized carbons (Fsp3) is 0.210. The van der Waals surface area contributed by atoms with Gasteiger partial charge in [0.2, 0.25) is 0 Å². The van der Waals surface area contributed by atoms with Crippen molar-refractivity contribution >= 4 is 38.9 Å². The van der Waals surface area contributed by atoms with Gasteiger partial charge in [-0.05, 0) is 99.8 Å². The second-order valence-electron chi connectivity index (χ2n) is 19.7. The first-order valence-electron chi connectivity index (χ1n) is 23.8. The van der Waals surface area contributed by atoms with E-state index in [0.29, 0.717) is 18.5 Å². The van der Waals surface area contributed by atoms with Gasteiger partial charge in [0, 0.05) is 63.1 Å². The summed E-state index contributed by atoms with van der Waals surface area (Å²) in [4.78, 5) is 9.86. The summed E-state index contributed by atoms with van der Waals surface area (Å²) in [6.45, 7) is 19.1. The maximum absolute atomic E-state index is 6.89. The summed E-state index contributed by atoms with van der Waals surface area (Å²) in [5.41, 5.74) is 14.2. The molecule has 0 N–H and O–H groups in total. The third-order valence-corrected chi connectivity index (χ3v) is 14.1. The highest BCUT2D eigenvalue weighted by molar-refractivity contribution is 6.09. The van der Waals surface area contributed by atoms with Gasteiger partial charge in [-0.25, -0.2) is 4.98 Å². The zero-order chi connectivity index (χ0) is 46.5. The molecular formula is C62H60N4O. The van der Waals surface area contributed by atoms with Crippen LogP contribution >= 0.6 is 0 Å². The molecule has 0 spiro atoms. The highest BCUT2D eigenvalue weighted by Crippen LogP contribution is 2.43. The molecule has 0 bridgehead atoms. The van der Waals surface area contributed by atoms with Gasteiger partial charge in [-0.15, -0.1) is 0 Å². The topological polar surface area (TPSA) is 33.5 Å². The predicted molar refractivity (Wildman–Crippen MR) is 281 cm³/mol. The number of nitrogens with zero attached hydrogens (tertiary/aromatic N) is 4. The van der Waals surface area contributed by atoms with Crippen molar-refractivity contribution in [1.29, 1.82) is 0 Å². The molecule has 0 radical (unpaired) electrons. The Hall–Kier alpha value is -7.37. The molecule has 0 unspecified atom stereocenters. The van der Waals surface area contributed by atoms with Gasteiger partial charge in [0.1, 0.15) is 17.3 Å². The average molecular weight is 877 g/mol. The van der Waals surface area contributed by atoms with Gasteiger partial charge >= 0.3 is 0 Å². The van der Waals surface area contributed by atoms with E-state index in [2.05, 4.69) is 258 Å². The van der Waals surface area contributed by atoms with Crippen molar-refractivity contribution in [2.45, 2.75) is 78.1 Å². The minimum absolute atomic E-state index is 0.166. The summed E-state index contributed by atoms with van der Waals surface area (Å²) in [6.07, 6.45) is 4.31. The first-order chi connectivity index (χ1) is 32.4. The van der Waals surface area contributed by atoms with E-state index >= 15 is 0 Å². The predicted octanol–water partition coefficient (Wildman–Crippen LogP) is 16.2. The fourth-order valence-electron chi connectivity index (χ4n) is 10.1. The van der Waals surface area contributed by atoms with Crippen LogP contribution in [0.5, 0.6) is 11.5 Å². The molecule has 334 valence electrons. The lowest BCUT2D eigenvalue weighted by Gasteiger charge is -2.29. The summed E-state index contributed by atoms with van der Waals surface area (Å²) >= 11 is 0. The van der Waals surface area contributed by atoms with Crippen molar-refractivity contribution < 1.29 is 4.74 Å². The van der Waals surface area contributed by atoms with Crippen molar-refractivity contribution in [3.8, 4) is 17.3 Å². The summed E-state index contributed by atoms with van der Waals surface area (Å²) in [6, 6.07) is 65.4. The molecule has 0 atom stereocenters. The lowest BCUT2D eigenvalue weighted by molar-refractivity contribution is 0.483. The standard InChI is InChI=1S/C62H60N4O/c1-42(2)52-29-19-30-53(43(3)4)60(52)58-40-64(48-25-17-24-46(36-48)61(5,6)44-20-11-9-12-21-44)41-65(58)49-26-18-27-50(38-49)67-51-32-33-55-54-28-15-16-31-56(54)66(57(55)39-51)59-37-47(34-35-63-59)62(7,8)45-22-13-10-14-23-45/h9-40,42-43H,41H2,1-8H3. The van der Waals surface area contributed by atoms with Crippen LogP contribution in [0.2, 0.25) is 0 Å². The molecule has 67 heavy (non-hydrogen) atoms. The van der Waals surface area contributed by atoms with E-state index in [9.17, 15) is 0 Å². The van der Waals surface area contributed by atoms with E-state index in [1.54, 1.807) is 0 Å². The lowest BCUT2D eigenvalue weighted by atomic mass is 9.78. The smallest absolute Gasteiger partial charge is 0.137 e. The highest BCUT2D eigenvalue weighted by Gasteiger charge is 2.31. The Bertz CT molecular complexity index is 3240. The van der Waals surface area contributed by atoms with E-state index in [-0.39, 0.29) is 10.8 Å². The molecule has 0 fully saturated rings. The van der Waals surface area contributed by atoms with Crippen LogP contribution in [0.25, 0.3) is 33.3 Å². The monoisotopic (exact) mass is 876 g/mol. The number of para-hydroxylation sites is 1. The minimum Gasteiger partial charge on any atom is -0.457 e. The molecule has 0 aliphatic carbocycles. The normalized spacial score (nSPS) is 13.3. The number of aromatic nitrogens is 2. The van der Waals surface area contributed by atoms with Crippen LogP contribution in [-0.4, -0.2) is 16.2 Å². The highest BCUT2D eigenvalue weighted by atomic mass is 16.5. The van der Waals surface area contributed by atoms with Crippen molar-refractivity contribution in [2.75, 3.05) is 16.5 Å². The van der Waals surface area contributed by atoms with E-state index in [0.717, 1.165) is 45.1 Å². The average Bonchev–Trinajstić information content (AvgIpc) is 3.94. The molecule has 1 aliphatic rings. The van der Waals surface area contributed by atoms with Crippen molar-refractivity contribution in [2.24, 2.45) is 0 Å². The van der Waals surface area contributed by atoms with Crippen molar-refractivity contribution in [3.63, 3.8) is 0 Å². The Balaban J connectivity index is 1.03. The zero-order valence-corrected chi connectivity index (χ0v) is 40.0. The number of hydrogen-bond donors (Lipinski definition) is 0. The van der Waals surface area contributed by atoms with E-state index < -0.39 is 0 Å². The Kier molecular flexibility index (Phi) is 11.3. The van der Waals surface area contributed by atoms with E-state index in [1.165, 1.54) is 50.0 Å². The first-order valence-corrected chi connectivity index (χ1v) is 23.8. The second kappa shape index (κ2) is 17.5. The van der Waals surface area contributed by atoms with Crippen LogP contribution in [0.4, 0.5) is 11.4 Å². The van der Waals surface area contributed by atoms with Gasteiger partial charge < -0.3 is 14.5 Å². The molecule has 0 saturated heterocycles. The van der Waals surface area contributed by atoms with Crippen LogP contribution in [0.15, 0.2) is 194 Å². The van der Waals surface area contributed by atoms with Crippen molar-refractivity contribution in [3.05, 3.63) is 233 Å². The van der Waals surface area contributed by atoms with Crippen LogP contribution in [0.1, 0.15) is 106 Å². The quantitative estimate of drug-likeness (QED) is 0.122. The van der Waals surface area contributed by atoms with Crippen LogP contribution in [0, 0.1) is 0 Å². The van der Waals surface area contributed by atoms with Gasteiger partial charge in [0.15, 0.2) is 0 Å². The van der Waals surface area contributed by atoms with Crippen LogP contribution < -0.4 is 14.5 Å². The molecule has 3 heterocycles. The Labute approximate surface area is 396 Å². The fourth-order valence-corrected chi connectivity index (χ4v) is 10.1. The molecule has 2 aromatic heterocycles. The second-order valence-corrected chi connectivity index (χ2v) is 19.7. The third-order valence-electron chi connectivity index (χ3n) is 14.1. The summed E-state index contributed by atoms with van der Waals surface area (Å²) in [7, 11) is 0. The number of fused-ring (bicyclic) bond motifs is 3. The third kappa shape index (κ3) is 8.07. The molecule has 9 aromatic rings. The number of hydrogen-bond acceptors (Lipinski definition) is 4. The Morgan fingerprint density at radius 2 is 1.06 bits per heavy atom.